The monoisotopic (exact) mass is 228 g/mol. The number of ether oxygens (including phenoxy) is 1. The standard InChI is InChI=1S/C10H11BF2O3/c1-2-3-6-15-7-4-5-8(16-11-14)10(13)9(7)12/h4-5H,2-3,6H2,1H3. The maximum absolute atomic E-state index is 13.3. The first-order valence-electron chi connectivity index (χ1n) is 4.91. The molecule has 16 heavy (non-hydrogen) atoms. The number of benzene rings is 1. The Labute approximate surface area is 92.6 Å². The van der Waals surface area contributed by atoms with Gasteiger partial charge < -0.3 is 0 Å². The van der Waals surface area contributed by atoms with E-state index in [0.29, 0.717) is 6.61 Å². The van der Waals surface area contributed by atoms with Crippen LogP contribution in [0.1, 0.15) is 19.8 Å². The fraction of sp³-hybridized carbons (Fsp3) is 0.400. The Balaban J connectivity index is 2.80. The van der Waals surface area contributed by atoms with E-state index in [0.717, 1.165) is 18.9 Å². The van der Waals surface area contributed by atoms with Crippen molar-refractivity contribution >= 4 is 7.35 Å². The van der Waals surface area contributed by atoms with E-state index >= 15 is 0 Å². The van der Waals surface area contributed by atoms with Crippen molar-refractivity contribution in [2.45, 2.75) is 19.8 Å². The van der Waals surface area contributed by atoms with Gasteiger partial charge in [-0.2, -0.15) is 0 Å². The van der Waals surface area contributed by atoms with Gasteiger partial charge in [0.05, 0.1) is 0 Å². The first-order valence-corrected chi connectivity index (χ1v) is 4.91. The van der Waals surface area contributed by atoms with Gasteiger partial charge in [0.25, 0.3) is 0 Å². The summed E-state index contributed by atoms with van der Waals surface area (Å²) in [7, 11) is 0.0372. The molecule has 3 nitrogen and oxygen atoms in total. The summed E-state index contributed by atoms with van der Waals surface area (Å²) in [5, 5.41) is 0. The molecule has 1 aromatic carbocycles. The van der Waals surface area contributed by atoms with Crippen molar-refractivity contribution in [1.29, 1.82) is 0 Å². The molecule has 0 fully saturated rings. The molecule has 0 saturated heterocycles. The first kappa shape index (κ1) is 12.6. The second-order valence-corrected chi connectivity index (χ2v) is 3.11. The minimum absolute atomic E-state index is 0.0372. The van der Waals surface area contributed by atoms with Crippen molar-refractivity contribution in [2.75, 3.05) is 6.61 Å². The summed E-state index contributed by atoms with van der Waals surface area (Å²) in [5.41, 5.74) is 0. The van der Waals surface area contributed by atoms with Crippen LogP contribution in [-0.4, -0.2) is 14.0 Å². The van der Waals surface area contributed by atoms with Gasteiger partial charge in [-0.3, -0.25) is 0 Å². The number of hydrogen-bond acceptors (Lipinski definition) is 3. The van der Waals surface area contributed by atoms with Crippen molar-refractivity contribution in [3.8, 4) is 11.5 Å². The summed E-state index contributed by atoms with van der Waals surface area (Å²) in [6.07, 6.45) is 1.66. The molecule has 86 valence electrons. The molecule has 0 bridgehead atoms. The molecule has 1 aromatic rings. The summed E-state index contributed by atoms with van der Waals surface area (Å²) in [4.78, 5) is 0. The molecule has 0 unspecified atom stereocenters. The summed E-state index contributed by atoms with van der Waals surface area (Å²) in [5.74, 6) is -2.99. The van der Waals surface area contributed by atoms with Crippen LogP contribution in [-0.2, 0) is 4.70 Å². The second kappa shape index (κ2) is 6.20. The van der Waals surface area contributed by atoms with Crippen LogP contribution in [0.15, 0.2) is 12.1 Å². The zero-order chi connectivity index (χ0) is 12.0. The van der Waals surface area contributed by atoms with Crippen LogP contribution in [0.3, 0.4) is 0 Å². The topological polar surface area (TPSA) is 35.5 Å². The first-order chi connectivity index (χ1) is 7.70. The number of rotatable bonds is 6. The Morgan fingerprint density at radius 3 is 2.50 bits per heavy atom. The maximum atomic E-state index is 13.3. The third-order valence-corrected chi connectivity index (χ3v) is 1.94. The van der Waals surface area contributed by atoms with Crippen molar-refractivity contribution < 1.29 is 22.9 Å². The molecule has 6 heteroatoms. The molecule has 0 saturated carbocycles. The van der Waals surface area contributed by atoms with Gasteiger partial charge in [-0.15, -0.1) is 0 Å². The fourth-order valence-electron chi connectivity index (χ4n) is 1.09. The molecule has 0 aromatic heterocycles. The van der Waals surface area contributed by atoms with Crippen LogP contribution < -0.4 is 9.39 Å². The molecule has 0 aliphatic heterocycles. The van der Waals surface area contributed by atoms with E-state index in [1.807, 2.05) is 6.92 Å². The molecular weight excluding hydrogens is 217 g/mol. The molecule has 0 aliphatic carbocycles. The predicted molar refractivity (Wildman–Crippen MR) is 53.8 cm³/mol. The Kier molecular flexibility index (Phi) is 4.89. The average molecular weight is 228 g/mol. The molecular formula is C10H11BF2O3. The Bertz CT molecular complexity index is 371. The molecule has 0 radical (unpaired) electrons. The van der Waals surface area contributed by atoms with Gasteiger partial charge in [0.1, 0.15) is 0 Å². The van der Waals surface area contributed by atoms with Crippen molar-refractivity contribution in [3.05, 3.63) is 23.8 Å². The number of hydrogen-bond donors (Lipinski definition) is 0. The minimum atomic E-state index is -1.22. The summed E-state index contributed by atoms with van der Waals surface area (Å²) >= 11 is 0. The van der Waals surface area contributed by atoms with Crippen molar-refractivity contribution in [3.63, 3.8) is 0 Å². The van der Waals surface area contributed by atoms with Gasteiger partial charge in [-0.25, -0.2) is 0 Å². The normalized spacial score (nSPS) is 9.69. The summed E-state index contributed by atoms with van der Waals surface area (Å²) < 4.78 is 45.8. The van der Waals surface area contributed by atoms with E-state index in [9.17, 15) is 13.5 Å². The predicted octanol–water partition coefficient (Wildman–Crippen LogP) is 2.49. The van der Waals surface area contributed by atoms with Crippen LogP contribution in [0, 0.1) is 11.6 Å². The summed E-state index contributed by atoms with van der Waals surface area (Å²) in [6, 6.07) is 2.38. The van der Waals surface area contributed by atoms with Gasteiger partial charge in [-0.1, -0.05) is 0 Å². The number of unbranched alkanes of at least 4 members (excludes halogenated alkanes) is 1. The van der Waals surface area contributed by atoms with Crippen LogP contribution in [0.5, 0.6) is 11.5 Å². The van der Waals surface area contributed by atoms with Crippen molar-refractivity contribution in [2.24, 2.45) is 0 Å². The SMILES string of the molecule is CCCCOc1ccc(OB=O)c(F)c1F. The van der Waals surface area contributed by atoms with E-state index in [-0.39, 0.29) is 13.1 Å². The van der Waals surface area contributed by atoms with Gasteiger partial charge >= 0.3 is 91.9 Å². The quantitative estimate of drug-likeness (QED) is 0.554. The molecule has 0 spiro atoms. The zero-order valence-electron chi connectivity index (χ0n) is 8.83. The molecule has 0 amide bonds. The van der Waals surface area contributed by atoms with E-state index in [1.54, 1.807) is 0 Å². The van der Waals surface area contributed by atoms with Crippen LogP contribution >= 0.6 is 0 Å². The van der Waals surface area contributed by atoms with Gasteiger partial charge in [0, 0.05) is 0 Å². The van der Waals surface area contributed by atoms with Gasteiger partial charge in [-0.05, 0) is 0 Å². The molecule has 0 N–H and O–H groups in total. The fourth-order valence-corrected chi connectivity index (χ4v) is 1.09. The van der Waals surface area contributed by atoms with E-state index in [4.69, 9.17) is 4.74 Å². The molecule has 0 aliphatic rings. The van der Waals surface area contributed by atoms with Gasteiger partial charge in [0.2, 0.25) is 0 Å². The van der Waals surface area contributed by atoms with Crippen LogP contribution in [0.4, 0.5) is 8.78 Å². The zero-order valence-corrected chi connectivity index (χ0v) is 8.83. The van der Waals surface area contributed by atoms with Crippen molar-refractivity contribution in [1.82, 2.24) is 0 Å². The third-order valence-electron chi connectivity index (χ3n) is 1.94. The van der Waals surface area contributed by atoms with E-state index in [1.165, 1.54) is 6.07 Å². The van der Waals surface area contributed by atoms with E-state index < -0.39 is 17.4 Å². The van der Waals surface area contributed by atoms with E-state index in [2.05, 4.69) is 4.65 Å². The average Bonchev–Trinajstić information content (AvgIpc) is 2.28. The molecule has 1 rings (SSSR count). The van der Waals surface area contributed by atoms with Gasteiger partial charge in [0.15, 0.2) is 0 Å². The second-order valence-electron chi connectivity index (χ2n) is 3.11. The molecule has 0 heterocycles. The Hall–Kier alpha value is -1.46. The summed E-state index contributed by atoms with van der Waals surface area (Å²) in [6.45, 7) is 2.28. The molecule has 0 atom stereocenters. The Morgan fingerprint density at radius 1 is 1.25 bits per heavy atom. The Morgan fingerprint density at radius 2 is 1.88 bits per heavy atom. The van der Waals surface area contributed by atoms with Crippen LogP contribution in [0.2, 0.25) is 0 Å². The van der Waals surface area contributed by atoms with Crippen LogP contribution in [0.25, 0.3) is 0 Å². The number of halogens is 2. The third kappa shape index (κ3) is 3.02.